The molecule has 0 aliphatic carbocycles. The Morgan fingerprint density at radius 3 is 2.39 bits per heavy atom. The molecule has 0 aliphatic heterocycles. The second-order valence-corrected chi connectivity index (χ2v) is 7.59. The highest BCUT2D eigenvalue weighted by atomic mass is 19.1. The summed E-state index contributed by atoms with van der Waals surface area (Å²) < 4.78 is 28.5. The number of amides is 2. The largest absolute Gasteiger partial charge is 0.457 e. The van der Waals surface area contributed by atoms with Gasteiger partial charge in [-0.15, -0.1) is 0 Å². The molecule has 4 rings (SSSR count). The van der Waals surface area contributed by atoms with Crippen LogP contribution < -0.4 is 20.5 Å². The van der Waals surface area contributed by atoms with Crippen molar-refractivity contribution in [3.8, 4) is 28.6 Å². The summed E-state index contributed by atoms with van der Waals surface area (Å²) in [4.78, 5) is 28.5. The summed E-state index contributed by atoms with van der Waals surface area (Å²) in [5.74, 6) is -0.948. The van der Waals surface area contributed by atoms with E-state index >= 15 is 0 Å². The Kier molecular flexibility index (Phi) is 7.21. The fourth-order valence-electron chi connectivity index (χ4n) is 3.44. The Morgan fingerprint density at radius 1 is 1.08 bits per heavy atom. The minimum atomic E-state index is -1.15. The lowest BCUT2D eigenvalue weighted by Gasteiger charge is -2.14. The number of carbonyl (C=O) groups excluding carboxylic acids is 2. The van der Waals surface area contributed by atoms with Crippen molar-refractivity contribution in [2.45, 2.75) is 12.8 Å². The van der Waals surface area contributed by atoms with Crippen molar-refractivity contribution in [2.75, 3.05) is 11.9 Å². The summed E-state index contributed by atoms with van der Waals surface area (Å²) in [6.07, 6.45) is -1.13. The second kappa shape index (κ2) is 10.7. The van der Waals surface area contributed by atoms with Gasteiger partial charge < -0.3 is 30.2 Å². The predicted octanol–water partition coefficient (Wildman–Crippen LogP) is 4.15. The minimum absolute atomic E-state index is 0.0988. The van der Waals surface area contributed by atoms with Crippen LogP contribution in [-0.2, 0) is 4.79 Å². The molecule has 0 unspecified atom stereocenters. The fraction of sp³-hybridized carbons (Fsp3) is 0.120. The minimum Gasteiger partial charge on any atom is -0.457 e. The fourth-order valence-corrected chi connectivity index (χ4v) is 3.44. The molecule has 0 bridgehead atoms. The first-order chi connectivity index (χ1) is 17.3. The lowest BCUT2D eigenvalue weighted by atomic mass is 9.99. The molecule has 36 heavy (non-hydrogen) atoms. The number of aliphatic hydroxyl groups excluding tert-OH is 1. The molecular weight excluding hydrogens is 471 g/mol. The number of anilines is 1. The number of benzene rings is 2. The molecule has 11 heteroatoms. The number of aromatic nitrogens is 2. The molecule has 0 fully saturated rings. The molecule has 2 aromatic carbocycles. The van der Waals surface area contributed by atoms with Crippen LogP contribution in [0.3, 0.4) is 0 Å². The van der Waals surface area contributed by atoms with Gasteiger partial charge in [-0.05, 0) is 72.7 Å². The third-order valence-electron chi connectivity index (χ3n) is 5.12. The van der Waals surface area contributed by atoms with Crippen molar-refractivity contribution < 1.29 is 33.1 Å². The summed E-state index contributed by atoms with van der Waals surface area (Å²) in [7, 11) is 0. The summed E-state index contributed by atoms with van der Waals surface area (Å²) >= 11 is 0. The van der Waals surface area contributed by atoms with E-state index in [0.717, 1.165) is 5.56 Å². The number of halogens is 1. The third-order valence-corrected chi connectivity index (χ3v) is 5.12. The van der Waals surface area contributed by atoms with Crippen LogP contribution in [0.1, 0.15) is 17.2 Å². The molecule has 2 aromatic heterocycles. The number of aryl methyl sites for hydroxylation is 1. The van der Waals surface area contributed by atoms with E-state index in [9.17, 15) is 19.1 Å². The van der Waals surface area contributed by atoms with Gasteiger partial charge in [0.15, 0.2) is 0 Å². The number of primary amides is 1. The van der Waals surface area contributed by atoms with E-state index in [1.54, 1.807) is 42.5 Å². The molecule has 0 saturated carbocycles. The van der Waals surface area contributed by atoms with Crippen LogP contribution in [0.5, 0.6) is 17.4 Å². The molecular formula is C25H21FN4O6. The first kappa shape index (κ1) is 24.4. The van der Waals surface area contributed by atoms with Gasteiger partial charge in [-0.25, -0.2) is 14.2 Å². The van der Waals surface area contributed by atoms with Crippen LogP contribution >= 0.6 is 0 Å². The number of hydrogen-bond acceptors (Lipinski definition) is 8. The van der Waals surface area contributed by atoms with E-state index in [4.69, 9.17) is 19.7 Å². The van der Waals surface area contributed by atoms with Crippen molar-refractivity contribution in [3.05, 3.63) is 83.9 Å². The summed E-state index contributed by atoms with van der Waals surface area (Å²) in [6.45, 7) is 0.896. The van der Waals surface area contributed by atoms with Crippen LogP contribution in [0.4, 0.5) is 15.0 Å². The van der Waals surface area contributed by atoms with E-state index < -0.39 is 24.5 Å². The number of rotatable bonds is 8. The van der Waals surface area contributed by atoms with E-state index in [0.29, 0.717) is 17.2 Å². The standard InChI is InChI=1S/C25H21FN4O6/c1-14-22(24(30-36-14)35-25(27)33)19(13-31)23(32)29-21-4-2-3-20(28-21)15-5-9-17(10-6-15)34-18-11-7-16(26)8-12-18/h2-12,19,31H,13H2,1H3,(H2,27,33)(H,28,29,32)/t19-/m1/s1. The normalized spacial score (nSPS) is 11.5. The maximum Gasteiger partial charge on any atom is 0.411 e. The maximum absolute atomic E-state index is 13.1. The van der Waals surface area contributed by atoms with Gasteiger partial charge in [0.2, 0.25) is 5.91 Å². The molecule has 184 valence electrons. The number of pyridine rings is 1. The highest BCUT2D eigenvalue weighted by molar-refractivity contribution is 5.96. The third kappa shape index (κ3) is 5.65. The van der Waals surface area contributed by atoms with Gasteiger partial charge in [-0.2, -0.15) is 0 Å². The zero-order valence-electron chi connectivity index (χ0n) is 19.0. The molecule has 0 spiro atoms. The van der Waals surface area contributed by atoms with Gasteiger partial charge in [-0.1, -0.05) is 6.07 Å². The topological polar surface area (TPSA) is 150 Å². The summed E-state index contributed by atoms with van der Waals surface area (Å²) in [5, 5.41) is 16.1. The summed E-state index contributed by atoms with van der Waals surface area (Å²) in [6, 6.07) is 17.8. The van der Waals surface area contributed by atoms with Gasteiger partial charge >= 0.3 is 6.09 Å². The van der Waals surface area contributed by atoms with Gasteiger partial charge in [0.1, 0.15) is 28.9 Å². The van der Waals surface area contributed by atoms with Crippen molar-refractivity contribution in [1.29, 1.82) is 0 Å². The van der Waals surface area contributed by atoms with Gasteiger partial charge in [0, 0.05) is 5.56 Å². The Labute approximate surface area is 204 Å². The van der Waals surface area contributed by atoms with E-state index in [2.05, 4.69) is 15.5 Å². The van der Waals surface area contributed by atoms with Crippen molar-refractivity contribution in [2.24, 2.45) is 5.73 Å². The molecule has 0 saturated heterocycles. The molecule has 2 heterocycles. The molecule has 10 nitrogen and oxygen atoms in total. The second-order valence-electron chi connectivity index (χ2n) is 7.59. The SMILES string of the molecule is Cc1onc(OC(N)=O)c1[C@@H](CO)C(=O)Nc1cccc(-c2ccc(Oc3ccc(F)cc3)cc2)n1. The number of nitrogens with zero attached hydrogens (tertiary/aromatic N) is 2. The van der Waals surface area contributed by atoms with E-state index in [1.165, 1.54) is 31.2 Å². The predicted molar refractivity (Wildman–Crippen MR) is 126 cm³/mol. The highest BCUT2D eigenvalue weighted by Crippen LogP contribution is 2.31. The Balaban J connectivity index is 1.49. The average Bonchev–Trinajstić information content (AvgIpc) is 3.21. The van der Waals surface area contributed by atoms with E-state index in [1.807, 2.05) is 0 Å². The molecule has 0 aliphatic rings. The number of aliphatic hydroxyl groups is 1. The van der Waals surface area contributed by atoms with Crippen LogP contribution in [0.15, 0.2) is 71.3 Å². The molecule has 4 aromatic rings. The monoisotopic (exact) mass is 492 g/mol. The molecule has 2 amide bonds. The number of nitrogens with one attached hydrogen (secondary N) is 1. The van der Waals surface area contributed by atoms with Crippen LogP contribution in [0.25, 0.3) is 11.3 Å². The van der Waals surface area contributed by atoms with Gasteiger partial charge in [-0.3, -0.25) is 4.79 Å². The lowest BCUT2D eigenvalue weighted by molar-refractivity contribution is -0.118. The molecule has 1 atom stereocenters. The highest BCUT2D eigenvalue weighted by Gasteiger charge is 2.30. The maximum atomic E-state index is 13.1. The van der Waals surface area contributed by atoms with Crippen molar-refractivity contribution in [3.63, 3.8) is 0 Å². The number of nitrogens with two attached hydrogens (primary N) is 1. The number of carbonyl (C=O) groups is 2. The Morgan fingerprint density at radius 2 is 1.75 bits per heavy atom. The number of ether oxygens (including phenoxy) is 2. The van der Waals surface area contributed by atoms with Gasteiger partial charge in [0.05, 0.1) is 23.8 Å². The Hall–Kier alpha value is -4.77. The smallest absolute Gasteiger partial charge is 0.411 e. The first-order valence-electron chi connectivity index (χ1n) is 10.7. The van der Waals surface area contributed by atoms with Crippen LogP contribution in [0.2, 0.25) is 0 Å². The van der Waals surface area contributed by atoms with Crippen LogP contribution in [-0.4, -0.2) is 33.9 Å². The molecule has 0 radical (unpaired) electrons. The quantitative estimate of drug-likeness (QED) is 0.332. The lowest BCUT2D eigenvalue weighted by Crippen LogP contribution is -2.26. The summed E-state index contributed by atoms with van der Waals surface area (Å²) in [5.41, 5.74) is 6.45. The van der Waals surface area contributed by atoms with Crippen molar-refractivity contribution in [1.82, 2.24) is 10.1 Å². The average molecular weight is 492 g/mol. The zero-order valence-corrected chi connectivity index (χ0v) is 19.0. The zero-order chi connectivity index (χ0) is 25.7. The first-order valence-corrected chi connectivity index (χ1v) is 10.7. The Bertz CT molecular complexity index is 1370. The van der Waals surface area contributed by atoms with E-state index in [-0.39, 0.29) is 28.8 Å². The van der Waals surface area contributed by atoms with Crippen molar-refractivity contribution >= 4 is 17.8 Å². The van der Waals surface area contributed by atoms with Crippen LogP contribution in [0, 0.1) is 12.7 Å². The number of hydrogen-bond donors (Lipinski definition) is 3. The molecule has 4 N–H and O–H groups in total. The van der Waals surface area contributed by atoms with Gasteiger partial charge in [0.25, 0.3) is 5.88 Å².